The Morgan fingerprint density at radius 1 is 0.878 bits per heavy atom. The summed E-state index contributed by atoms with van der Waals surface area (Å²) >= 11 is 0. The number of anilines is 1. The summed E-state index contributed by atoms with van der Waals surface area (Å²) in [6.45, 7) is 4.65. The first kappa shape index (κ1) is 32.4. The van der Waals surface area contributed by atoms with Crippen molar-refractivity contribution in [1.82, 2.24) is 14.8 Å². The van der Waals surface area contributed by atoms with Crippen LogP contribution in [0.3, 0.4) is 0 Å². The van der Waals surface area contributed by atoms with Crippen LogP contribution >= 0.6 is 0 Å². The van der Waals surface area contributed by atoms with Crippen molar-refractivity contribution in [3.63, 3.8) is 0 Å². The fraction of sp³-hybridized carbons (Fsp3) is 0.262. The number of ether oxygens (including phenoxy) is 2. The van der Waals surface area contributed by atoms with Gasteiger partial charge in [0.25, 0.3) is 0 Å². The molecular weight excluding hydrogens is 608 g/mol. The topological polar surface area (TPSA) is 69.5 Å². The van der Waals surface area contributed by atoms with Gasteiger partial charge in [0.2, 0.25) is 0 Å². The Morgan fingerprint density at radius 2 is 1.45 bits per heavy atom. The molecular formula is C42H42N4O3. The highest BCUT2D eigenvalue weighted by Crippen LogP contribution is 2.44. The highest BCUT2D eigenvalue weighted by Gasteiger charge is 2.41. The maximum Gasteiger partial charge on any atom is 0.160 e. The maximum absolute atomic E-state index is 13.7. The van der Waals surface area contributed by atoms with Crippen molar-refractivity contribution in [3.05, 3.63) is 162 Å². The lowest BCUT2D eigenvalue weighted by molar-refractivity contribution is -0.119. The van der Waals surface area contributed by atoms with Crippen LogP contribution in [0.1, 0.15) is 47.2 Å². The number of carbonyl (C=O) groups is 1. The van der Waals surface area contributed by atoms with Crippen LogP contribution in [0.15, 0.2) is 134 Å². The molecule has 49 heavy (non-hydrogen) atoms. The number of rotatable bonds is 12. The number of nitrogens with zero attached hydrogens (tertiary/aromatic N) is 4. The van der Waals surface area contributed by atoms with Gasteiger partial charge in [-0.15, -0.1) is 0 Å². The van der Waals surface area contributed by atoms with E-state index in [-0.39, 0.29) is 24.2 Å². The molecule has 0 saturated carbocycles. The van der Waals surface area contributed by atoms with E-state index in [2.05, 4.69) is 108 Å². The molecule has 2 atom stereocenters. The highest BCUT2D eigenvalue weighted by atomic mass is 16.5. The van der Waals surface area contributed by atoms with Crippen LogP contribution < -0.4 is 4.90 Å². The lowest BCUT2D eigenvalue weighted by atomic mass is 9.77. The van der Waals surface area contributed by atoms with Gasteiger partial charge in [-0.05, 0) is 35.2 Å². The van der Waals surface area contributed by atoms with Gasteiger partial charge in [-0.3, -0.25) is 9.78 Å². The second-order valence-corrected chi connectivity index (χ2v) is 12.8. The zero-order chi connectivity index (χ0) is 33.6. The predicted octanol–water partition coefficient (Wildman–Crippen LogP) is 7.43. The Labute approximate surface area is 288 Å². The van der Waals surface area contributed by atoms with Crippen molar-refractivity contribution in [3.8, 4) is 0 Å². The first-order chi connectivity index (χ1) is 24.1. The number of carbonyl (C=O) groups excluding carboxylic acids is 1. The second-order valence-electron chi connectivity index (χ2n) is 12.8. The van der Waals surface area contributed by atoms with E-state index in [0.29, 0.717) is 25.3 Å². The SMILES string of the molecule is COC[C@@H](CC(=O)Cc1cc2c(cn1)c(N1CCOC(C)C1)nn2C(c1ccccc1)(c1ccccc1)c1ccccc1)c1ccccc1. The molecule has 0 N–H and O–H groups in total. The Morgan fingerprint density at radius 3 is 2.00 bits per heavy atom. The van der Waals surface area contributed by atoms with Gasteiger partial charge in [0, 0.05) is 50.8 Å². The van der Waals surface area contributed by atoms with E-state index >= 15 is 0 Å². The Balaban J connectivity index is 1.41. The average molecular weight is 651 g/mol. The fourth-order valence-corrected chi connectivity index (χ4v) is 7.29. The van der Waals surface area contributed by atoms with Crippen molar-refractivity contribution in [2.45, 2.75) is 37.3 Å². The van der Waals surface area contributed by atoms with Gasteiger partial charge in [-0.25, -0.2) is 4.68 Å². The van der Waals surface area contributed by atoms with Crippen molar-refractivity contribution in [2.75, 3.05) is 38.3 Å². The Kier molecular flexibility index (Phi) is 9.64. The van der Waals surface area contributed by atoms with E-state index < -0.39 is 5.54 Å². The fourth-order valence-electron chi connectivity index (χ4n) is 7.29. The van der Waals surface area contributed by atoms with Gasteiger partial charge in [-0.1, -0.05) is 121 Å². The number of morpholine rings is 1. The number of hydrogen-bond acceptors (Lipinski definition) is 6. The monoisotopic (exact) mass is 650 g/mol. The normalized spacial score (nSPS) is 15.7. The van der Waals surface area contributed by atoms with E-state index in [0.717, 1.165) is 52.1 Å². The molecule has 2 aromatic heterocycles. The van der Waals surface area contributed by atoms with Gasteiger partial charge >= 0.3 is 0 Å². The third-order valence-electron chi connectivity index (χ3n) is 9.53. The van der Waals surface area contributed by atoms with Crippen LogP contribution in [-0.4, -0.2) is 60.1 Å². The molecule has 0 bridgehead atoms. The summed E-state index contributed by atoms with van der Waals surface area (Å²) in [5.74, 6) is 0.961. The number of pyridine rings is 1. The standard InChI is InChI=1S/C42H42N4O3/c1-31-29-45(23-24-49-31)41-39-28-43-37(26-38(47)25-33(30-48-2)32-15-7-3-8-16-32)27-40(39)46(44-41)42(34-17-9-4-10-18-34,35-19-11-5-12-20-35)36-21-13-6-14-22-36/h3-22,27-28,31,33H,23-26,29-30H2,1-2H3/t31?,33-/m1/s1. The molecule has 1 unspecified atom stereocenters. The van der Waals surface area contributed by atoms with E-state index in [1.807, 2.05) is 42.6 Å². The third-order valence-corrected chi connectivity index (χ3v) is 9.53. The largest absolute Gasteiger partial charge is 0.384 e. The van der Waals surface area contributed by atoms with Crippen LogP contribution in [0, 0.1) is 0 Å². The molecule has 0 spiro atoms. The quantitative estimate of drug-likeness (QED) is 0.128. The first-order valence-electron chi connectivity index (χ1n) is 17.0. The summed E-state index contributed by atoms with van der Waals surface area (Å²) in [5.41, 5.74) is 5.16. The molecule has 7 nitrogen and oxygen atoms in total. The molecule has 7 rings (SSSR count). The van der Waals surface area contributed by atoms with Gasteiger partial charge in [0.15, 0.2) is 5.82 Å². The molecule has 0 aliphatic carbocycles. The van der Waals surface area contributed by atoms with E-state index in [9.17, 15) is 4.79 Å². The highest BCUT2D eigenvalue weighted by molar-refractivity contribution is 5.92. The lowest BCUT2D eigenvalue weighted by Gasteiger charge is -2.37. The van der Waals surface area contributed by atoms with Gasteiger partial charge < -0.3 is 14.4 Å². The molecule has 1 saturated heterocycles. The van der Waals surface area contributed by atoms with Crippen LogP contribution in [0.2, 0.25) is 0 Å². The first-order valence-corrected chi connectivity index (χ1v) is 17.0. The molecule has 4 aromatic carbocycles. The minimum Gasteiger partial charge on any atom is -0.384 e. The summed E-state index contributed by atoms with van der Waals surface area (Å²) in [4.78, 5) is 20.9. The van der Waals surface area contributed by atoms with Gasteiger partial charge in [-0.2, -0.15) is 5.10 Å². The average Bonchev–Trinajstić information content (AvgIpc) is 3.52. The molecule has 7 heteroatoms. The smallest absolute Gasteiger partial charge is 0.160 e. The zero-order valence-corrected chi connectivity index (χ0v) is 28.1. The number of fused-ring (bicyclic) bond motifs is 1. The predicted molar refractivity (Wildman–Crippen MR) is 194 cm³/mol. The molecule has 1 aliphatic heterocycles. The zero-order valence-electron chi connectivity index (χ0n) is 28.1. The second kappa shape index (κ2) is 14.6. The van der Waals surface area contributed by atoms with Crippen LogP contribution in [-0.2, 0) is 26.2 Å². The Bertz CT molecular complexity index is 1880. The lowest BCUT2D eigenvalue weighted by Crippen LogP contribution is -2.42. The number of aromatic nitrogens is 3. The Hall–Kier alpha value is -5.11. The number of benzene rings is 4. The van der Waals surface area contributed by atoms with Crippen LogP contribution in [0.4, 0.5) is 5.82 Å². The van der Waals surface area contributed by atoms with Gasteiger partial charge in [0.1, 0.15) is 11.3 Å². The van der Waals surface area contributed by atoms with E-state index in [1.54, 1.807) is 7.11 Å². The molecule has 0 amide bonds. The molecule has 1 aliphatic rings. The summed E-state index contributed by atoms with van der Waals surface area (Å²) in [5, 5.41) is 6.47. The summed E-state index contributed by atoms with van der Waals surface area (Å²) in [6.07, 6.45) is 2.57. The molecule has 0 radical (unpaired) electrons. The van der Waals surface area contributed by atoms with Crippen LogP contribution in [0.5, 0.6) is 0 Å². The van der Waals surface area contributed by atoms with Crippen molar-refractivity contribution >= 4 is 22.5 Å². The van der Waals surface area contributed by atoms with Crippen molar-refractivity contribution < 1.29 is 14.3 Å². The van der Waals surface area contributed by atoms with Crippen molar-refractivity contribution in [2.24, 2.45) is 0 Å². The van der Waals surface area contributed by atoms with E-state index in [1.165, 1.54) is 0 Å². The van der Waals surface area contributed by atoms with Gasteiger partial charge in [0.05, 0.1) is 30.2 Å². The summed E-state index contributed by atoms with van der Waals surface area (Å²) in [7, 11) is 1.68. The van der Waals surface area contributed by atoms with Crippen LogP contribution in [0.25, 0.3) is 10.9 Å². The minimum absolute atomic E-state index is 0.0234. The van der Waals surface area contributed by atoms with E-state index in [4.69, 9.17) is 19.6 Å². The number of Topliss-reactive ketones (excluding diaryl/α,β-unsaturated/α-hetero) is 1. The summed E-state index contributed by atoms with van der Waals surface area (Å²) in [6, 6.07) is 43.9. The molecule has 3 heterocycles. The molecule has 6 aromatic rings. The maximum atomic E-state index is 13.7. The third kappa shape index (κ3) is 6.52. The number of ketones is 1. The minimum atomic E-state index is -0.822. The van der Waals surface area contributed by atoms with Crippen molar-refractivity contribution in [1.29, 1.82) is 0 Å². The molecule has 248 valence electrons. The summed E-state index contributed by atoms with van der Waals surface area (Å²) < 4.78 is 13.6. The number of methoxy groups -OCH3 is 1. The number of hydrogen-bond donors (Lipinski definition) is 0. The molecule has 1 fully saturated rings.